The van der Waals surface area contributed by atoms with Crippen LogP contribution in [0.1, 0.15) is 17.2 Å². The van der Waals surface area contributed by atoms with Crippen LogP contribution in [0.3, 0.4) is 0 Å². The van der Waals surface area contributed by atoms with Gasteiger partial charge in [0.1, 0.15) is 5.82 Å². The molecular formula is C14H11Cl2FIN. The van der Waals surface area contributed by atoms with E-state index in [0.29, 0.717) is 22.0 Å². The summed E-state index contributed by atoms with van der Waals surface area (Å²) in [7, 11) is 0. The fraction of sp³-hybridized carbons (Fsp3) is 0.143. The third-order valence-electron chi connectivity index (χ3n) is 2.86. The van der Waals surface area contributed by atoms with Crippen LogP contribution in [-0.2, 0) is 6.42 Å². The summed E-state index contributed by atoms with van der Waals surface area (Å²) in [5.74, 6) is -0.334. The maximum atomic E-state index is 13.7. The zero-order valence-electron chi connectivity index (χ0n) is 9.84. The normalized spacial score (nSPS) is 12.5. The summed E-state index contributed by atoms with van der Waals surface area (Å²) in [5, 5.41) is 1.04. The molecule has 2 N–H and O–H groups in total. The van der Waals surface area contributed by atoms with Crippen LogP contribution in [-0.4, -0.2) is 0 Å². The second-order valence-electron chi connectivity index (χ2n) is 4.18. The molecule has 2 aromatic carbocycles. The number of halogens is 4. The molecule has 0 saturated carbocycles. The lowest BCUT2D eigenvalue weighted by Gasteiger charge is -2.14. The molecule has 100 valence electrons. The monoisotopic (exact) mass is 409 g/mol. The van der Waals surface area contributed by atoms with Gasteiger partial charge in [-0.25, -0.2) is 4.39 Å². The van der Waals surface area contributed by atoms with Gasteiger partial charge in [0.25, 0.3) is 0 Å². The predicted molar refractivity (Wildman–Crippen MR) is 86.2 cm³/mol. The van der Waals surface area contributed by atoms with Crippen LogP contribution in [0, 0.1) is 9.39 Å². The number of hydrogen-bond acceptors (Lipinski definition) is 1. The fourth-order valence-corrected chi connectivity index (χ4v) is 2.57. The van der Waals surface area contributed by atoms with E-state index < -0.39 is 0 Å². The molecule has 0 heterocycles. The molecule has 5 heteroatoms. The van der Waals surface area contributed by atoms with Crippen molar-refractivity contribution in [1.82, 2.24) is 0 Å². The van der Waals surface area contributed by atoms with Gasteiger partial charge in [0.05, 0.1) is 5.02 Å². The summed E-state index contributed by atoms with van der Waals surface area (Å²) < 4.78 is 14.7. The lowest BCUT2D eigenvalue weighted by Crippen LogP contribution is -2.14. The SMILES string of the molecule is NC(Cc1c(F)cccc1Cl)c1ccc(I)c(Cl)c1. The lowest BCUT2D eigenvalue weighted by atomic mass is 9.99. The maximum absolute atomic E-state index is 13.7. The van der Waals surface area contributed by atoms with Crippen molar-refractivity contribution >= 4 is 45.8 Å². The Morgan fingerprint density at radius 1 is 1.16 bits per heavy atom. The van der Waals surface area contributed by atoms with Gasteiger partial charge >= 0.3 is 0 Å². The van der Waals surface area contributed by atoms with E-state index in [0.717, 1.165) is 9.13 Å². The first-order valence-electron chi connectivity index (χ1n) is 5.62. The van der Waals surface area contributed by atoms with Crippen LogP contribution >= 0.6 is 45.8 Å². The second-order valence-corrected chi connectivity index (χ2v) is 6.16. The van der Waals surface area contributed by atoms with Crippen LogP contribution in [0.25, 0.3) is 0 Å². The highest BCUT2D eigenvalue weighted by molar-refractivity contribution is 14.1. The first-order chi connectivity index (χ1) is 8.99. The van der Waals surface area contributed by atoms with E-state index in [1.165, 1.54) is 6.07 Å². The van der Waals surface area contributed by atoms with Gasteiger partial charge in [-0.3, -0.25) is 0 Å². The van der Waals surface area contributed by atoms with Crippen molar-refractivity contribution in [2.75, 3.05) is 0 Å². The Hall–Kier alpha value is -0.360. The molecule has 0 aliphatic carbocycles. The molecule has 19 heavy (non-hydrogen) atoms. The molecule has 0 spiro atoms. The van der Waals surface area contributed by atoms with Crippen molar-refractivity contribution in [3.8, 4) is 0 Å². The van der Waals surface area contributed by atoms with Gasteiger partial charge in [-0.15, -0.1) is 0 Å². The molecule has 0 aliphatic heterocycles. The highest BCUT2D eigenvalue weighted by atomic mass is 127. The smallest absolute Gasteiger partial charge is 0.127 e. The third-order valence-corrected chi connectivity index (χ3v) is 4.78. The maximum Gasteiger partial charge on any atom is 0.127 e. The van der Waals surface area contributed by atoms with E-state index in [9.17, 15) is 4.39 Å². The predicted octanol–water partition coefficient (Wildman–Crippen LogP) is 4.98. The standard InChI is InChI=1S/C14H11Cl2FIN/c15-10-2-1-3-12(17)9(10)7-14(19)8-4-5-13(18)11(16)6-8/h1-6,14H,7,19H2. The molecule has 1 unspecified atom stereocenters. The first-order valence-corrected chi connectivity index (χ1v) is 7.46. The lowest BCUT2D eigenvalue weighted by molar-refractivity contribution is 0.593. The summed E-state index contributed by atoms with van der Waals surface area (Å²) in [6.07, 6.45) is 0.336. The summed E-state index contributed by atoms with van der Waals surface area (Å²) >= 11 is 14.2. The summed E-state index contributed by atoms with van der Waals surface area (Å²) in [6.45, 7) is 0. The minimum atomic E-state index is -0.344. The van der Waals surface area contributed by atoms with Gasteiger partial charge in [0.15, 0.2) is 0 Å². The van der Waals surface area contributed by atoms with Crippen LogP contribution in [0.4, 0.5) is 4.39 Å². The molecule has 1 atom stereocenters. The first kappa shape index (κ1) is 15.0. The summed E-state index contributed by atoms with van der Waals surface area (Å²) in [4.78, 5) is 0. The highest BCUT2D eigenvalue weighted by Crippen LogP contribution is 2.27. The van der Waals surface area contributed by atoms with Crippen molar-refractivity contribution in [2.24, 2.45) is 5.73 Å². The molecule has 0 aliphatic rings. The van der Waals surface area contributed by atoms with E-state index >= 15 is 0 Å². The van der Waals surface area contributed by atoms with E-state index in [-0.39, 0.29) is 11.9 Å². The summed E-state index contributed by atoms with van der Waals surface area (Å²) in [6, 6.07) is 9.87. The van der Waals surface area contributed by atoms with Gasteiger partial charge in [0, 0.05) is 20.2 Å². The molecular weight excluding hydrogens is 399 g/mol. The van der Waals surface area contributed by atoms with Crippen LogP contribution in [0.5, 0.6) is 0 Å². The van der Waals surface area contributed by atoms with Gasteiger partial charge in [-0.2, -0.15) is 0 Å². The Labute approximate surface area is 135 Å². The van der Waals surface area contributed by atoms with Crippen molar-refractivity contribution in [3.05, 3.63) is 67.0 Å². The van der Waals surface area contributed by atoms with Crippen molar-refractivity contribution < 1.29 is 4.39 Å². The average molecular weight is 410 g/mol. The van der Waals surface area contributed by atoms with Crippen LogP contribution in [0.15, 0.2) is 36.4 Å². The van der Waals surface area contributed by atoms with Crippen molar-refractivity contribution in [3.63, 3.8) is 0 Å². The number of nitrogens with two attached hydrogens (primary N) is 1. The molecule has 2 aromatic rings. The van der Waals surface area contributed by atoms with E-state index in [1.54, 1.807) is 12.1 Å². The number of rotatable bonds is 3. The minimum Gasteiger partial charge on any atom is -0.324 e. The van der Waals surface area contributed by atoms with Gasteiger partial charge in [-0.05, 0) is 58.8 Å². The van der Waals surface area contributed by atoms with E-state index in [4.69, 9.17) is 28.9 Å². The molecule has 0 aromatic heterocycles. The zero-order valence-corrected chi connectivity index (χ0v) is 13.5. The Morgan fingerprint density at radius 2 is 1.89 bits per heavy atom. The van der Waals surface area contributed by atoms with Crippen LogP contribution < -0.4 is 5.73 Å². The Kier molecular flexibility index (Phi) is 5.06. The topological polar surface area (TPSA) is 26.0 Å². The van der Waals surface area contributed by atoms with Crippen molar-refractivity contribution in [1.29, 1.82) is 0 Å². The largest absolute Gasteiger partial charge is 0.324 e. The zero-order chi connectivity index (χ0) is 14.0. The number of hydrogen-bond donors (Lipinski definition) is 1. The van der Waals surface area contributed by atoms with Crippen molar-refractivity contribution in [2.45, 2.75) is 12.5 Å². The fourth-order valence-electron chi connectivity index (χ4n) is 1.81. The molecule has 0 radical (unpaired) electrons. The number of benzene rings is 2. The molecule has 0 bridgehead atoms. The quantitative estimate of drug-likeness (QED) is 0.711. The van der Waals surface area contributed by atoms with Gasteiger partial charge in [0.2, 0.25) is 0 Å². The summed E-state index contributed by atoms with van der Waals surface area (Å²) in [5.41, 5.74) is 7.40. The highest BCUT2D eigenvalue weighted by Gasteiger charge is 2.14. The van der Waals surface area contributed by atoms with E-state index in [1.807, 2.05) is 18.2 Å². The van der Waals surface area contributed by atoms with Gasteiger partial charge < -0.3 is 5.73 Å². The van der Waals surface area contributed by atoms with Gasteiger partial charge in [-0.1, -0.05) is 35.3 Å². The molecule has 1 nitrogen and oxygen atoms in total. The third kappa shape index (κ3) is 3.60. The van der Waals surface area contributed by atoms with Crippen LogP contribution in [0.2, 0.25) is 10.0 Å². The minimum absolute atomic E-state index is 0.334. The molecule has 2 rings (SSSR count). The Balaban J connectivity index is 2.25. The molecule has 0 fully saturated rings. The Bertz CT molecular complexity index is 584. The Morgan fingerprint density at radius 3 is 2.53 bits per heavy atom. The average Bonchev–Trinajstić information content (AvgIpc) is 2.37. The van der Waals surface area contributed by atoms with E-state index in [2.05, 4.69) is 22.6 Å². The molecule has 0 amide bonds. The molecule has 0 saturated heterocycles. The second kappa shape index (κ2) is 6.39.